The number of halogens is 18. The second kappa shape index (κ2) is 10.2. The van der Waals surface area contributed by atoms with Gasteiger partial charge in [-0.05, 0) is 23.3 Å². The number of hydrogen-bond acceptors (Lipinski definition) is 1. The van der Waals surface area contributed by atoms with Crippen LogP contribution in [0.25, 0.3) is 20.9 Å². The second-order valence-electron chi connectivity index (χ2n) is 8.76. The highest BCUT2D eigenvalue weighted by molar-refractivity contribution is 7.18. The van der Waals surface area contributed by atoms with Gasteiger partial charge in [0, 0.05) is 20.9 Å². The third-order valence-corrected chi connectivity index (χ3v) is 7.14. The monoisotopic (exact) mass is 672 g/mol. The van der Waals surface area contributed by atoms with Gasteiger partial charge in [-0.1, -0.05) is 48.5 Å². The summed E-state index contributed by atoms with van der Waals surface area (Å²) in [6.07, 6.45) is -14.0. The molecule has 0 aliphatic heterocycles. The third-order valence-electron chi connectivity index (χ3n) is 5.96. The zero-order chi connectivity index (χ0) is 33.2. The van der Waals surface area contributed by atoms with Crippen LogP contribution in [-0.4, -0.2) is 36.0 Å². The minimum absolute atomic E-state index is 0.0722. The number of benzene rings is 2. The molecule has 0 spiro atoms. The summed E-state index contributed by atoms with van der Waals surface area (Å²) in [7, 11) is 0. The summed E-state index contributed by atoms with van der Waals surface area (Å²) in [5.41, 5.74) is -4.02. The van der Waals surface area contributed by atoms with Crippen molar-refractivity contribution in [3.63, 3.8) is 0 Å². The third kappa shape index (κ3) is 5.30. The van der Waals surface area contributed by atoms with Gasteiger partial charge in [-0.25, -0.2) is 0 Å². The van der Waals surface area contributed by atoms with Gasteiger partial charge >= 0.3 is 47.9 Å². The number of alkyl halides is 18. The lowest BCUT2D eigenvalue weighted by atomic mass is 9.95. The van der Waals surface area contributed by atoms with E-state index in [2.05, 4.69) is 0 Å². The van der Waals surface area contributed by atoms with E-state index in [1.807, 2.05) is 0 Å². The quantitative estimate of drug-likeness (QED) is 0.209. The Bertz CT molecular complexity index is 1320. The van der Waals surface area contributed by atoms with Crippen LogP contribution < -0.4 is 0 Å². The molecule has 0 unspecified atom stereocenters. The summed E-state index contributed by atoms with van der Waals surface area (Å²) in [4.78, 5) is 0.144. The first-order chi connectivity index (χ1) is 19.1. The molecule has 0 saturated heterocycles. The first-order valence-electron chi connectivity index (χ1n) is 10.9. The van der Waals surface area contributed by atoms with Gasteiger partial charge < -0.3 is 0 Å². The smallest absolute Gasteiger partial charge is 0.194 e. The van der Waals surface area contributed by atoms with Crippen LogP contribution in [0.15, 0.2) is 60.7 Å². The van der Waals surface area contributed by atoms with Crippen molar-refractivity contribution in [1.29, 1.82) is 0 Å². The van der Waals surface area contributed by atoms with Gasteiger partial charge in [-0.2, -0.15) is 79.0 Å². The fourth-order valence-corrected chi connectivity index (χ4v) is 4.47. The molecule has 0 radical (unpaired) electrons. The van der Waals surface area contributed by atoms with Crippen LogP contribution in [0, 0.1) is 0 Å². The minimum atomic E-state index is -7.11. The summed E-state index contributed by atoms with van der Waals surface area (Å²) in [5.74, 6) is -40.0. The van der Waals surface area contributed by atoms with Gasteiger partial charge in [-0.3, -0.25) is 0 Å². The van der Waals surface area contributed by atoms with Crippen molar-refractivity contribution in [2.75, 3.05) is 0 Å². The van der Waals surface area contributed by atoms with E-state index in [9.17, 15) is 79.0 Å². The summed E-state index contributed by atoms with van der Waals surface area (Å²) >= 11 is 0.683. The van der Waals surface area contributed by atoms with Crippen molar-refractivity contribution in [1.82, 2.24) is 0 Å². The van der Waals surface area contributed by atoms with Crippen LogP contribution in [0.3, 0.4) is 0 Å². The highest BCUT2D eigenvalue weighted by atomic mass is 32.1. The molecule has 0 fully saturated rings. The van der Waals surface area contributed by atoms with E-state index in [-0.39, 0.29) is 45.1 Å². The van der Waals surface area contributed by atoms with E-state index in [4.69, 9.17) is 0 Å². The van der Waals surface area contributed by atoms with E-state index in [1.165, 1.54) is 12.1 Å². The fourth-order valence-electron chi connectivity index (χ4n) is 3.45. The molecular weight excluding hydrogens is 662 g/mol. The van der Waals surface area contributed by atoms with Crippen LogP contribution in [0.2, 0.25) is 0 Å². The fraction of sp³-hybridized carbons (Fsp3) is 0.333. The van der Waals surface area contributed by atoms with E-state index < -0.39 is 59.0 Å². The summed E-state index contributed by atoms with van der Waals surface area (Å²) in [6.45, 7) is 0. The molecule has 3 rings (SSSR count). The maximum Gasteiger partial charge on any atom is 0.460 e. The largest absolute Gasteiger partial charge is 0.460 e. The lowest BCUT2D eigenvalue weighted by Gasteiger charge is -2.33. The lowest BCUT2D eigenvalue weighted by molar-refractivity contribution is -0.399. The van der Waals surface area contributed by atoms with E-state index in [1.54, 1.807) is 0 Å². The molecule has 238 valence electrons. The zero-order valence-electron chi connectivity index (χ0n) is 20.0. The van der Waals surface area contributed by atoms with Crippen molar-refractivity contribution < 1.29 is 79.0 Å². The molecule has 1 heterocycles. The predicted octanol–water partition coefficient (Wildman–Crippen LogP) is 10.9. The molecule has 0 amide bonds. The standard InChI is InChI=1S/C24H10F18S/c25-17(26,19(29,30)21(33,34)23(37,38)39)13-5-1-11(2-6-13)15-9-10-16(43-15)12-3-7-14(8-4-12)18(27,28)20(31,32)22(35,36)24(40,41)42/h1-10H. The Morgan fingerprint density at radius 2 is 0.581 bits per heavy atom. The van der Waals surface area contributed by atoms with Crippen molar-refractivity contribution >= 4 is 11.3 Å². The van der Waals surface area contributed by atoms with Gasteiger partial charge in [0.05, 0.1) is 0 Å². The molecule has 0 saturated carbocycles. The Labute approximate surface area is 231 Å². The van der Waals surface area contributed by atoms with Crippen LogP contribution in [0.1, 0.15) is 11.1 Å². The lowest BCUT2D eigenvalue weighted by Crippen LogP contribution is -2.59. The Morgan fingerprint density at radius 3 is 0.814 bits per heavy atom. The first-order valence-corrected chi connectivity index (χ1v) is 11.7. The molecule has 0 nitrogen and oxygen atoms in total. The maximum atomic E-state index is 14.1. The van der Waals surface area contributed by atoms with Crippen LogP contribution in [0.5, 0.6) is 0 Å². The van der Waals surface area contributed by atoms with Gasteiger partial charge in [0.2, 0.25) is 0 Å². The molecule has 3 aromatic rings. The average molecular weight is 672 g/mol. The van der Waals surface area contributed by atoms with Gasteiger partial charge in [0.1, 0.15) is 0 Å². The SMILES string of the molecule is FC(F)(F)C(F)(F)C(F)(F)C(F)(F)c1ccc(-c2ccc(-c3ccc(C(F)(F)C(F)(F)C(F)(F)C(F)(F)F)cc3)s2)cc1. The van der Waals surface area contributed by atoms with Crippen molar-refractivity contribution in [3.8, 4) is 20.9 Å². The normalized spacial score (nSPS) is 14.7. The number of rotatable bonds is 8. The summed E-state index contributed by atoms with van der Waals surface area (Å²) in [5, 5.41) is 0. The first kappa shape index (κ1) is 34.4. The predicted molar refractivity (Wildman–Crippen MR) is 115 cm³/mol. The molecular formula is C24H10F18S. The highest BCUT2D eigenvalue weighted by Gasteiger charge is 2.83. The molecule has 19 heteroatoms. The highest BCUT2D eigenvalue weighted by Crippen LogP contribution is 2.58. The zero-order valence-corrected chi connectivity index (χ0v) is 20.8. The van der Waals surface area contributed by atoms with Gasteiger partial charge in [0.25, 0.3) is 0 Å². The summed E-state index contributed by atoms with van der Waals surface area (Å²) < 4.78 is 238. The molecule has 0 bridgehead atoms. The van der Waals surface area contributed by atoms with Crippen molar-refractivity contribution in [2.45, 2.75) is 47.9 Å². The molecule has 0 aliphatic rings. The van der Waals surface area contributed by atoms with Crippen molar-refractivity contribution in [3.05, 3.63) is 71.8 Å². The maximum absolute atomic E-state index is 14.1. The molecule has 1 aromatic heterocycles. The molecule has 43 heavy (non-hydrogen) atoms. The minimum Gasteiger partial charge on any atom is -0.194 e. The molecule has 0 atom stereocenters. The second-order valence-corrected chi connectivity index (χ2v) is 9.84. The average Bonchev–Trinajstić information content (AvgIpc) is 3.37. The molecule has 0 aliphatic carbocycles. The van der Waals surface area contributed by atoms with E-state index in [0.29, 0.717) is 35.6 Å². The number of hydrogen-bond donors (Lipinski definition) is 0. The van der Waals surface area contributed by atoms with Crippen molar-refractivity contribution in [2.24, 2.45) is 0 Å². The molecule has 0 N–H and O–H groups in total. The Kier molecular flexibility index (Phi) is 8.17. The van der Waals surface area contributed by atoms with E-state index >= 15 is 0 Å². The number of thiophene rings is 1. The Balaban J connectivity index is 1.88. The topological polar surface area (TPSA) is 0 Å². The van der Waals surface area contributed by atoms with Crippen LogP contribution in [-0.2, 0) is 11.8 Å². The van der Waals surface area contributed by atoms with Gasteiger partial charge in [-0.15, -0.1) is 11.3 Å². The Morgan fingerprint density at radius 1 is 0.326 bits per heavy atom. The van der Waals surface area contributed by atoms with E-state index in [0.717, 1.165) is 0 Å². The summed E-state index contributed by atoms with van der Waals surface area (Å²) in [6, 6.07) is 5.54. The van der Waals surface area contributed by atoms with Crippen LogP contribution >= 0.6 is 11.3 Å². The molecule has 2 aromatic carbocycles. The Hall–Kier alpha value is -3.12. The van der Waals surface area contributed by atoms with Crippen LogP contribution in [0.4, 0.5) is 79.0 Å². The van der Waals surface area contributed by atoms with Gasteiger partial charge in [0.15, 0.2) is 0 Å².